The lowest BCUT2D eigenvalue weighted by Gasteiger charge is -2.28. The number of pyridine rings is 1. The van der Waals surface area contributed by atoms with Crippen LogP contribution in [0.4, 0.5) is 13.2 Å². The third kappa shape index (κ3) is 5.19. The summed E-state index contributed by atoms with van der Waals surface area (Å²) in [5, 5.41) is 2.77. The first-order valence-electron chi connectivity index (χ1n) is 9.08. The van der Waals surface area contributed by atoms with Gasteiger partial charge in [0.2, 0.25) is 0 Å². The summed E-state index contributed by atoms with van der Waals surface area (Å²) in [6, 6.07) is 1.69. The molecule has 0 radical (unpaired) electrons. The van der Waals surface area contributed by atoms with Crippen LogP contribution in [-0.2, 0) is 13.0 Å². The Labute approximate surface area is 175 Å². The van der Waals surface area contributed by atoms with E-state index in [1.807, 2.05) is 12.3 Å². The Morgan fingerprint density at radius 2 is 2.20 bits per heavy atom. The lowest BCUT2D eigenvalue weighted by Crippen LogP contribution is -2.32. The van der Waals surface area contributed by atoms with E-state index in [-0.39, 0.29) is 5.69 Å². The molecule has 1 aliphatic heterocycles. The van der Waals surface area contributed by atoms with Gasteiger partial charge < -0.3 is 5.73 Å². The number of carbonyl (C=O) groups excluding carboxylic acids is 1. The van der Waals surface area contributed by atoms with Crippen molar-refractivity contribution in [1.29, 1.82) is 0 Å². The molecule has 30 heavy (non-hydrogen) atoms. The van der Waals surface area contributed by atoms with Crippen LogP contribution in [0.2, 0.25) is 0 Å². The van der Waals surface area contributed by atoms with Crippen LogP contribution in [0.1, 0.15) is 27.4 Å². The van der Waals surface area contributed by atoms with E-state index in [1.165, 1.54) is 17.4 Å². The fourth-order valence-electron chi connectivity index (χ4n) is 3.02. The van der Waals surface area contributed by atoms with E-state index >= 15 is 0 Å². The van der Waals surface area contributed by atoms with Gasteiger partial charge in [-0.3, -0.25) is 14.7 Å². The molecular weight excluding hydrogens is 415 g/mol. The average molecular weight is 435 g/mol. The lowest BCUT2D eigenvalue weighted by atomic mass is 9.98. The minimum atomic E-state index is -4.53. The van der Waals surface area contributed by atoms with E-state index in [9.17, 15) is 18.0 Å². The van der Waals surface area contributed by atoms with Crippen LogP contribution in [0.25, 0.3) is 10.6 Å². The molecule has 1 aliphatic rings. The predicted molar refractivity (Wildman–Crippen MR) is 110 cm³/mol. The van der Waals surface area contributed by atoms with Crippen LogP contribution in [0.3, 0.4) is 0 Å². The van der Waals surface area contributed by atoms with Crippen LogP contribution in [0.5, 0.6) is 0 Å². The van der Waals surface area contributed by atoms with Crippen molar-refractivity contribution in [3.8, 4) is 10.6 Å². The zero-order chi connectivity index (χ0) is 21.9. The Morgan fingerprint density at radius 3 is 2.83 bits per heavy atom. The summed E-state index contributed by atoms with van der Waals surface area (Å²) in [5.74, 6) is -0.606. The molecule has 3 heterocycles. The topological polar surface area (TPSA) is 84.5 Å². The smallest absolute Gasteiger partial charge is 0.364 e. The second kappa shape index (κ2) is 8.88. The van der Waals surface area contributed by atoms with Gasteiger partial charge in [-0.15, -0.1) is 11.3 Å². The molecule has 0 bridgehead atoms. The van der Waals surface area contributed by atoms with Gasteiger partial charge in [0, 0.05) is 42.5 Å². The molecule has 6 nitrogen and oxygen atoms in total. The summed E-state index contributed by atoms with van der Waals surface area (Å²) < 4.78 is 37.0. The Bertz CT molecular complexity index is 1030. The maximum atomic E-state index is 12.3. The van der Waals surface area contributed by atoms with E-state index in [0.717, 1.165) is 40.3 Å². The number of hydrogen-bond acceptors (Lipinski definition) is 6. The molecule has 3 rings (SSSR count). The Hall–Kier alpha value is -2.85. The van der Waals surface area contributed by atoms with Gasteiger partial charge in [-0.1, -0.05) is 12.7 Å². The van der Waals surface area contributed by atoms with Crippen molar-refractivity contribution in [2.24, 2.45) is 10.7 Å². The van der Waals surface area contributed by atoms with Crippen molar-refractivity contribution in [1.82, 2.24) is 14.9 Å². The second-order valence-corrected chi connectivity index (χ2v) is 7.63. The SMILES string of the molecule is C=C(/N=C\C=C\CN1CCc2c(-c3nc(C)cs3)cc(C(N)=O)nc2C1)C(F)(F)F. The number of nitrogens with two attached hydrogens (primary N) is 1. The van der Waals surface area contributed by atoms with Gasteiger partial charge in [-0.2, -0.15) is 13.2 Å². The number of aryl methyl sites for hydroxylation is 1. The molecule has 0 aromatic carbocycles. The highest BCUT2D eigenvalue weighted by atomic mass is 32.1. The van der Waals surface area contributed by atoms with Crippen LogP contribution in [0.15, 0.2) is 40.9 Å². The van der Waals surface area contributed by atoms with Crippen LogP contribution >= 0.6 is 11.3 Å². The third-order valence-corrected chi connectivity index (χ3v) is 5.50. The Balaban J connectivity index is 1.74. The third-order valence-electron chi connectivity index (χ3n) is 4.51. The van der Waals surface area contributed by atoms with Crippen molar-refractivity contribution >= 4 is 23.5 Å². The van der Waals surface area contributed by atoms with Crippen molar-refractivity contribution in [2.75, 3.05) is 13.1 Å². The van der Waals surface area contributed by atoms with Gasteiger partial charge >= 0.3 is 6.18 Å². The molecule has 0 fully saturated rings. The molecule has 2 aromatic heterocycles. The van der Waals surface area contributed by atoms with Crippen molar-refractivity contribution < 1.29 is 18.0 Å². The number of nitrogens with zero attached hydrogens (tertiary/aromatic N) is 4. The van der Waals surface area contributed by atoms with Gasteiger partial charge in [0.1, 0.15) is 16.4 Å². The lowest BCUT2D eigenvalue weighted by molar-refractivity contribution is -0.0918. The van der Waals surface area contributed by atoms with Crippen LogP contribution < -0.4 is 5.73 Å². The molecule has 2 aromatic rings. The van der Waals surface area contributed by atoms with Crippen molar-refractivity contribution in [3.05, 3.63) is 58.5 Å². The number of fused-ring (bicyclic) bond motifs is 1. The molecule has 158 valence electrons. The van der Waals surface area contributed by atoms with Gasteiger partial charge in [-0.05, 0) is 31.1 Å². The minimum absolute atomic E-state index is 0.187. The predicted octanol–water partition coefficient (Wildman–Crippen LogP) is 3.67. The number of aromatic nitrogens is 2. The number of halogens is 3. The number of primary amides is 1. The van der Waals surface area contributed by atoms with E-state index in [2.05, 4.69) is 26.4 Å². The van der Waals surface area contributed by atoms with Gasteiger partial charge in [0.25, 0.3) is 5.91 Å². The first-order valence-corrected chi connectivity index (χ1v) is 9.96. The van der Waals surface area contributed by atoms with Crippen molar-refractivity contribution in [3.63, 3.8) is 0 Å². The Kier molecular flexibility index (Phi) is 6.47. The highest BCUT2D eigenvalue weighted by molar-refractivity contribution is 7.13. The van der Waals surface area contributed by atoms with Crippen molar-refractivity contribution in [2.45, 2.75) is 26.1 Å². The molecule has 0 aliphatic carbocycles. The van der Waals surface area contributed by atoms with Crippen LogP contribution in [0, 0.1) is 6.92 Å². The number of amides is 1. The molecule has 10 heteroatoms. The normalized spacial score (nSPS) is 15.1. The quantitative estimate of drug-likeness (QED) is 0.702. The standard InChI is InChI=1S/C20H20F3N5OS/c1-12-11-30-19(26-12)15-9-16(18(24)29)27-17-10-28(8-5-14(15)17)7-4-3-6-25-13(2)20(21,22)23/h3-4,6,9,11H,2,5,7-8,10H2,1H3,(H2,24,29)/b4-3+,25-6-. The van der Waals surface area contributed by atoms with Gasteiger partial charge in [-0.25, -0.2) is 9.97 Å². The molecular formula is C20H20F3N5OS. The first kappa shape index (κ1) is 21.8. The fourth-order valence-corrected chi connectivity index (χ4v) is 3.86. The van der Waals surface area contributed by atoms with Gasteiger partial charge in [0.15, 0.2) is 0 Å². The number of aliphatic imine (C=N–C) groups is 1. The van der Waals surface area contributed by atoms with E-state index in [0.29, 0.717) is 19.5 Å². The highest BCUT2D eigenvalue weighted by Gasteiger charge is 2.31. The summed E-state index contributed by atoms with van der Waals surface area (Å²) in [6.45, 7) is 6.51. The zero-order valence-electron chi connectivity index (χ0n) is 16.2. The highest BCUT2D eigenvalue weighted by Crippen LogP contribution is 2.32. The molecule has 0 unspecified atom stereocenters. The van der Waals surface area contributed by atoms with Gasteiger partial charge in [0.05, 0.1) is 5.69 Å². The number of thiazole rings is 1. The number of carbonyl (C=O) groups is 1. The van der Waals surface area contributed by atoms with Crippen LogP contribution in [-0.4, -0.2) is 46.3 Å². The van der Waals surface area contributed by atoms with E-state index < -0.39 is 17.8 Å². The number of rotatable bonds is 6. The maximum Gasteiger partial charge on any atom is 0.432 e. The maximum absolute atomic E-state index is 12.3. The first-order chi connectivity index (χ1) is 14.1. The molecule has 0 spiro atoms. The molecule has 0 saturated heterocycles. The fraction of sp³-hybridized carbons (Fsp3) is 0.300. The number of hydrogen-bond donors (Lipinski definition) is 1. The average Bonchev–Trinajstić information content (AvgIpc) is 3.11. The summed E-state index contributed by atoms with van der Waals surface area (Å²) in [6.07, 6.45) is 0.408. The Morgan fingerprint density at radius 1 is 1.43 bits per heavy atom. The monoisotopic (exact) mass is 435 g/mol. The summed E-state index contributed by atoms with van der Waals surface area (Å²) in [5.41, 5.74) is 8.07. The zero-order valence-corrected chi connectivity index (χ0v) is 17.1. The summed E-state index contributed by atoms with van der Waals surface area (Å²) in [4.78, 5) is 26.0. The molecule has 0 saturated carbocycles. The summed E-state index contributed by atoms with van der Waals surface area (Å²) in [7, 11) is 0. The molecule has 0 atom stereocenters. The van der Waals surface area contributed by atoms with E-state index in [4.69, 9.17) is 5.73 Å². The minimum Gasteiger partial charge on any atom is -0.364 e. The largest absolute Gasteiger partial charge is 0.432 e. The molecule has 1 amide bonds. The van der Waals surface area contributed by atoms with E-state index in [1.54, 1.807) is 12.1 Å². The number of allylic oxidation sites excluding steroid dienone is 2. The molecule has 2 N–H and O–H groups in total. The summed E-state index contributed by atoms with van der Waals surface area (Å²) >= 11 is 1.50. The number of alkyl halides is 3. The second-order valence-electron chi connectivity index (χ2n) is 6.77.